The fourth-order valence-electron chi connectivity index (χ4n) is 1.79. The van der Waals surface area contributed by atoms with E-state index in [-0.39, 0.29) is 0 Å². The zero-order valence-electron chi connectivity index (χ0n) is 10.1. The predicted octanol–water partition coefficient (Wildman–Crippen LogP) is 4.09. The van der Waals surface area contributed by atoms with Crippen molar-refractivity contribution in [2.24, 2.45) is 11.8 Å². The van der Waals surface area contributed by atoms with Crippen LogP contribution < -0.4 is 0 Å². The zero-order chi connectivity index (χ0) is 11.1. The molecule has 0 spiro atoms. The molecular weight excluding hydrogens is 184 g/mol. The topological polar surface area (TPSA) is 9.23 Å². The molecule has 0 aliphatic heterocycles. The zero-order valence-corrected chi connectivity index (χ0v) is 10.1. The van der Waals surface area contributed by atoms with Gasteiger partial charge in [-0.25, -0.2) is 0 Å². The van der Waals surface area contributed by atoms with Gasteiger partial charge in [-0.1, -0.05) is 38.2 Å². The summed E-state index contributed by atoms with van der Waals surface area (Å²) in [7, 11) is 0. The highest BCUT2D eigenvalue weighted by molar-refractivity contribution is 5.07. The standard InChI is InChI=1S/C14H22O/c1-4-6-7-14(5-2)15-11-13-9-8-12(3)10-13/h4,6-9,12-13H,5,10-11H2,1-3H3/b6-4-,14-7+. The Hall–Kier alpha value is -0.980. The molecule has 0 N–H and O–H groups in total. The highest BCUT2D eigenvalue weighted by Crippen LogP contribution is 2.23. The average molecular weight is 206 g/mol. The van der Waals surface area contributed by atoms with Gasteiger partial charge in [0.25, 0.3) is 0 Å². The van der Waals surface area contributed by atoms with Gasteiger partial charge in [0.2, 0.25) is 0 Å². The van der Waals surface area contributed by atoms with Gasteiger partial charge in [0.1, 0.15) is 0 Å². The van der Waals surface area contributed by atoms with Crippen molar-refractivity contribution in [2.75, 3.05) is 6.61 Å². The Balaban J connectivity index is 2.32. The number of rotatable bonds is 5. The highest BCUT2D eigenvalue weighted by atomic mass is 16.5. The van der Waals surface area contributed by atoms with Crippen molar-refractivity contribution in [2.45, 2.75) is 33.6 Å². The van der Waals surface area contributed by atoms with Crippen LogP contribution in [0.1, 0.15) is 33.6 Å². The molecule has 15 heavy (non-hydrogen) atoms. The molecule has 0 aromatic rings. The molecule has 84 valence electrons. The van der Waals surface area contributed by atoms with Crippen molar-refractivity contribution in [3.05, 3.63) is 36.1 Å². The molecule has 0 radical (unpaired) electrons. The Labute approximate surface area is 93.5 Å². The van der Waals surface area contributed by atoms with Gasteiger partial charge in [-0.3, -0.25) is 0 Å². The van der Waals surface area contributed by atoms with Crippen LogP contribution in [0.2, 0.25) is 0 Å². The second-order valence-electron chi connectivity index (χ2n) is 4.18. The minimum Gasteiger partial charge on any atom is -0.497 e. The van der Waals surface area contributed by atoms with Gasteiger partial charge in [-0.05, 0) is 25.3 Å². The summed E-state index contributed by atoms with van der Waals surface area (Å²) in [5, 5.41) is 0. The highest BCUT2D eigenvalue weighted by Gasteiger charge is 2.15. The minimum atomic E-state index is 0.612. The number of hydrogen-bond donors (Lipinski definition) is 0. The SMILES string of the molecule is C/C=C\C=C(/CC)OCC1C=CC(C)C1. The van der Waals surface area contributed by atoms with Crippen molar-refractivity contribution in [1.29, 1.82) is 0 Å². The van der Waals surface area contributed by atoms with Gasteiger partial charge in [-0.15, -0.1) is 0 Å². The monoisotopic (exact) mass is 206 g/mol. The summed E-state index contributed by atoms with van der Waals surface area (Å²) >= 11 is 0. The van der Waals surface area contributed by atoms with E-state index >= 15 is 0 Å². The average Bonchev–Trinajstić information content (AvgIpc) is 2.65. The van der Waals surface area contributed by atoms with E-state index in [0.29, 0.717) is 5.92 Å². The molecule has 0 saturated heterocycles. The molecule has 0 aromatic heterocycles. The normalized spacial score (nSPS) is 26.5. The van der Waals surface area contributed by atoms with Gasteiger partial charge in [0.05, 0.1) is 12.4 Å². The number of hydrogen-bond acceptors (Lipinski definition) is 1. The Morgan fingerprint density at radius 1 is 1.47 bits per heavy atom. The first kappa shape index (κ1) is 12.1. The summed E-state index contributed by atoms with van der Waals surface area (Å²) in [5.41, 5.74) is 0. The molecule has 1 aliphatic rings. The van der Waals surface area contributed by atoms with E-state index in [4.69, 9.17) is 4.74 Å². The second-order valence-corrected chi connectivity index (χ2v) is 4.18. The Bertz CT molecular complexity index is 261. The summed E-state index contributed by atoms with van der Waals surface area (Å²) in [6.07, 6.45) is 12.9. The third kappa shape index (κ3) is 4.37. The van der Waals surface area contributed by atoms with Crippen LogP contribution in [0.5, 0.6) is 0 Å². The van der Waals surface area contributed by atoms with Crippen LogP contribution in [-0.4, -0.2) is 6.61 Å². The van der Waals surface area contributed by atoms with Gasteiger partial charge in [-0.2, -0.15) is 0 Å². The van der Waals surface area contributed by atoms with Crippen molar-refractivity contribution >= 4 is 0 Å². The Kier molecular flexibility index (Phi) is 5.23. The third-order valence-electron chi connectivity index (χ3n) is 2.69. The van der Waals surface area contributed by atoms with Gasteiger partial charge in [0.15, 0.2) is 0 Å². The molecule has 0 aromatic carbocycles. The van der Waals surface area contributed by atoms with E-state index in [1.165, 1.54) is 6.42 Å². The summed E-state index contributed by atoms with van der Waals surface area (Å²) in [6, 6.07) is 0. The lowest BCUT2D eigenvalue weighted by molar-refractivity contribution is 0.173. The van der Waals surface area contributed by atoms with E-state index in [1.54, 1.807) is 0 Å². The summed E-state index contributed by atoms with van der Waals surface area (Å²) in [5.74, 6) is 2.42. The van der Waals surface area contributed by atoms with Crippen LogP contribution in [0.4, 0.5) is 0 Å². The fourth-order valence-corrected chi connectivity index (χ4v) is 1.79. The first-order valence-electron chi connectivity index (χ1n) is 5.89. The van der Waals surface area contributed by atoms with Gasteiger partial charge in [0, 0.05) is 12.3 Å². The first-order valence-corrected chi connectivity index (χ1v) is 5.89. The van der Waals surface area contributed by atoms with E-state index in [1.807, 2.05) is 19.1 Å². The molecule has 1 rings (SSSR count). The van der Waals surface area contributed by atoms with Crippen LogP contribution in [0.15, 0.2) is 36.1 Å². The van der Waals surface area contributed by atoms with Crippen LogP contribution in [-0.2, 0) is 4.74 Å². The molecule has 1 aliphatic carbocycles. The molecule has 0 amide bonds. The lowest BCUT2D eigenvalue weighted by atomic mass is 10.1. The summed E-state index contributed by atoms with van der Waals surface area (Å²) < 4.78 is 5.78. The van der Waals surface area contributed by atoms with E-state index < -0.39 is 0 Å². The maximum absolute atomic E-state index is 5.78. The van der Waals surface area contributed by atoms with E-state index in [0.717, 1.165) is 24.7 Å². The van der Waals surface area contributed by atoms with Crippen LogP contribution >= 0.6 is 0 Å². The molecule has 2 atom stereocenters. The van der Waals surface area contributed by atoms with E-state index in [9.17, 15) is 0 Å². The summed E-state index contributed by atoms with van der Waals surface area (Å²) in [6.45, 7) is 7.23. The second kappa shape index (κ2) is 6.49. The van der Waals surface area contributed by atoms with Crippen LogP contribution in [0.25, 0.3) is 0 Å². The molecule has 0 heterocycles. The first-order chi connectivity index (χ1) is 7.26. The van der Waals surface area contributed by atoms with Gasteiger partial charge < -0.3 is 4.74 Å². The molecule has 2 unspecified atom stereocenters. The molecule has 1 heteroatoms. The molecular formula is C14H22O. The lowest BCUT2D eigenvalue weighted by Gasteiger charge is -2.12. The fraction of sp³-hybridized carbons (Fsp3) is 0.571. The molecule has 0 bridgehead atoms. The van der Waals surface area contributed by atoms with Crippen molar-refractivity contribution in [1.82, 2.24) is 0 Å². The number of allylic oxidation sites excluding steroid dienone is 5. The minimum absolute atomic E-state index is 0.612. The molecule has 0 fully saturated rings. The van der Waals surface area contributed by atoms with E-state index in [2.05, 4.69) is 32.1 Å². The van der Waals surface area contributed by atoms with Crippen LogP contribution in [0, 0.1) is 11.8 Å². The van der Waals surface area contributed by atoms with Gasteiger partial charge >= 0.3 is 0 Å². The molecule has 0 saturated carbocycles. The van der Waals surface area contributed by atoms with Crippen molar-refractivity contribution in [3.8, 4) is 0 Å². The lowest BCUT2D eigenvalue weighted by Crippen LogP contribution is -2.05. The maximum Gasteiger partial charge on any atom is 0.0957 e. The Morgan fingerprint density at radius 3 is 2.80 bits per heavy atom. The quantitative estimate of drug-likeness (QED) is 0.374. The maximum atomic E-state index is 5.78. The van der Waals surface area contributed by atoms with Crippen molar-refractivity contribution in [3.63, 3.8) is 0 Å². The number of ether oxygens (including phenoxy) is 1. The molecule has 1 nitrogen and oxygen atoms in total. The van der Waals surface area contributed by atoms with Crippen LogP contribution in [0.3, 0.4) is 0 Å². The Morgan fingerprint density at radius 2 is 2.27 bits per heavy atom. The summed E-state index contributed by atoms with van der Waals surface area (Å²) in [4.78, 5) is 0. The van der Waals surface area contributed by atoms with Crippen molar-refractivity contribution < 1.29 is 4.74 Å². The predicted molar refractivity (Wildman–Crippen MR) is 65.6 cm³/mol. The smallest absolute Gasteiger partial charge is 0.0957 e. The largest absolute Gasteiger partial charge is 0.497 e. The third-order valence-corrected chi connectivity index (χ3v) is 2.69.